The molecule has 0 aliphatic carbocycles. The largest absolute Gasteiger partial charge is 0.326 e. The van der Waals surface area contributed by atoms with Gasteiger partial charge in [-0.05, 0) is 12.5 Å². The molecule has 0 radical (unpaired) electrons. The highest BCUT2D eigenvalue weighted by atomic mass is 15.2. The van der Waals surface area contributed by atoms with Crippen LogP contribution in [0.1, 0.15) is 17.7 Å². The van der Waals surface area contributed by atoms with Crippen molar-refractivity contribution in [1.29, 1.82) is 5.26 Å². The van der Waals surface area contributed by atoms with Crippen LogP contribution in [0, 0.1) is 11.3 Å². The highest BCUT2D eigenvalue weighted by Gasteiger charge is 2.19. The third-order valence-electron chi connectivity index (χ3n) is 2.70. The topological polar surface area (TPSA) is 65.9 Å². The first kappa shape index (κ1) is 10.1. The van der Waals surface area contributed by atoms with Crippen LogP contribution >= 0.6 is 0 Å². The molecule has 78 valence electrons. The molecule has 2 rings (SSSR count). The van der Waals surface area contributed by atoms with Crippen molar-refractivity contribution in [1.82, 2.24) is 9.88 Å². The standard InChI is InChI=1S/C11H14N4/c12-6-11-9(2-1-4-14-11)7-15-5-3-10(13)8-15/h1-2,4,10H,3,5,7-8,13H2. The Morgan fingerprint density at radius 3 is 3.20 bits per heavy atom. The molecule has 1 aromatic rings. The molecule has 15 heavy (non-hydrogen) atoms. The second-order valence-corrected chi connectivity index (χ2v) is 3.91. The molecule has 2 heterocycles. The maximum absolute atomic E-state index is 8.89. The predicted molar refractivity (Wildman–Crippen MR) is 56.8 cm³/mol. The number of nitrogens with two attached hydrogens (primary N) is 1. The van der Waals surface area contributed by atoms with Gasteiger partial charge in [0.2, 0.25) is 0 Å². The van der Waals surface area contributed by atoms with E-state index in [4.69, 9.17) is 11.0 Å². The molecule has 2 N–H and O–H groups in total. The fourth-order valence-corrected chi connectivity index (χ4v) is 1.91. The summed E-state index contributed by atoms with van der Waals surface area (Å²) >= 11 is 0. The van der Waals surface area contributed by atoms with E-state index >= 15 is 0 Å². The number of hydrogen-bond acceptors (Lipinski definition) is 4. The Morgan fingerprint density at radius 2 is 2.53 bits per heavy atom. The Morgan fingerprint density at radius 1 is 1.67 bits per heavy atom. The van der Waals surface area contributed by atoms with E-state index in [0.29, 0.717) is 5.69 Å². The maximum atomic E-state index is 8.89. The normalized spacial score (nSPS) is 21.5. The summed E-state index contributed by atoms with van der Waals surface area (Å²) in [6.07, 6.45) is 2.69. The van der Waals surface area contributed by atoms with Crippen LogP contribution in [0.3, 0.4) is 0 Å². The molecule has 4 heteroatoms. The molecule has 1 atom stereocenters. The summed E-state index contributed by atoms with van der Waals surface area (Å²) in [4.78, 5) is 6.31. The molecule has 1 aliphatic heterocycles. The molecule has 0 amide bonds. The van der Waals surface area contributed by atoms with Gasteiger partial charge in [-0.15, -0.1) is 0 Å². The van der Waals surface area contributed by atoms with Crippen LogP contribution in [-0.4, -0.2) is 29.0 Å². The Bertz CT molecular complexity index is 382. The monoisotopic (exact) mass is 202 g/mol. The Hall–Kier alpha value is -1.44. The maximum Gasteiger partial charge on any atom is 0.144 e. The zero-order valence-corrected chi connectivity index (χ0v) is 8.56. The van der Waals surface area contributed by atoms with Crippen LogP contribution in [0.2, 0.25) is 0 Å². The number of pyridine rings is 1. The van der Waals surface area contributed by atoms with E-state index in [1.54, 1.807) is 6.20 Å². The van der Waals surface area contributed by atoms with Gasteiger partial charge < -0.3 is 5.73 Å². The van der Waals surface area contributed by atoms with Gasteiger partial charge in [-0.3, -0.25) is 4.90 Å². The van der Waals surface area contributed by atoms with E-state index in [1.807, 2.05) is 12.1 Å². The Balaban J connectivity index is 2.08. The summed E-state index contributed by atoms with van der Waals surface area (Å²) in [6, 6.07) is 6.22. The van der Waals surface area contributed by atoms with Gasteiger partial charge in [0.1, 0.15) is 11.8 Å². The molecule has 0 saturated carbocycles. The highest BCUT2D eigenvalue weighted by Crippen LogP contribution is 2.13. The molecule has 0 bridgehead atoms. The van der Waals surface area contributed by atoms with Crippen molar-refractivity contribution in [2.45, 2.75) is 19.0 Å². The lowest BCUT2D eigenvalue weighted by molar-refractivity contribution is 0.326. The van der Waals surface area contributed by atoms with Gasteiger partial charge in [-0.25, -0.2) is 4.98 Å². The van der Waals surface area contributed by atoms with Crippen LogP contribution in [0.5, 0.6) is 0 Å². The first-order valence-electron chi connectivity index (χ1n) is 5.11. The number of hydrogen-bond donors (Lipinski definition) is 1. The molecule has 1 saturated heterocycles. The number of aromatic nitrogens is 1. The fraction of sp³-hybridized carbons (Fsp3) is 0.455. The lowest BCUT2D eigenvalue weighted by atomic mass is 10.2. The summed E-state index contributed by atoms with van der Waals surface area (Å²) in [7, 11) is 0. The van der Waals surface area contributed by atoms with Crippen LogP contribution in [-0.2, 0) is 6.54 Å². The van der Waals surface area contributed by atoms with Crippen LogP contribution < -0.4 is 5.73 Å². The minimum absolute atomic E-state index is 0.284. The molecule has 1 aliphatic rings. The van der Waals surface area contributed by atoms with E-state index in [0.717, 1.165) is 31.6 Å². The zero-order valence-electron chi connectivity index (χ0n) is 8.56. The summed E-state index contributed by atoms with van der Waals surface area (Å²) in [6.45, 7) is 2.71. The summed E-state index contributed by atoms with van der Waals surface area (Å²) in [5.41, 5.74) is 7.35. The zero-order chi connectivity index (χ0) is 10.7. The van der Waals surface area contributed by atoms with Gasteiger partial charge in [0, 0.05) is 37.4 Å². The molecule has 1 aromatic heterocycles. The second kappa shape index (κ2) is 4.39. The van der Waals surface area contributed by atoms with Crippen molar-refractivity contribution in [3.05, 3.63) is 29.6 Å². The smallest absolute Gasteiger partial charge is 0.144 e. The van der Waals surface area contributed by atoms with Gasteiger partial charge in [0.15, 0.2) is 0 Å². The predicted octanol–water partition coefficient (Wildman–Crippen LogP) is 0.486. The van der Waals surface area contributed by atoms with Crippen molar-refractivity contribution in [3.63, 3.8) is 0 Å². The van der Waals surface area contributed by atoms with E-state index in [1.165, 1.54) is 0 Å². The molecule has 0 aromatic carbocycles. The molecule has 1 fully saturated rings. The molecular formula is C11H14N4. The Kier molecular flexibility index (Phi) is 2.95. The van der Waals surface area contributed by atoms with Crippen molar-refractivity contribution in [3.8, 4) is 6.07 Å². The van der Waals surface area contributed by atoms with Crippen molar-refractivity contribution < 1.29 is 0 Å². The quantitative estimate of drug-likeness (QED) is 0.757. The van der Waals surface area contributed by atoms with E-state index in [9.17, 15) is 0 Å². The molecular weight excluding hydrogens is 188 g/mol. The minimum atomic E-state index is 0.284. The highest BCUT2D eigenvalue weighted by molar-refractivity contribution is 5.30. The van der Waals surface area contributed by atoms with Crippen LogP contribution in [0.25, 0.3) is 0 Å². The average molecular weight is 202 g/mol. The number of likely N-dealkylation sites (tertiary alicyclic amines) is 1. The van der Waals surface area contributed by atoms with Gasteiger partial charge in [-0.1, -0.05) is 6.07 Å². The summed E-state index contributed by atoms with van der Waals surface area (Å²) < 4.78 is 0. The average Bonchev–Trinajstić information content (AvgIpc) is 2.65. The van der Waals surface area contributed by atoms with Crippen LogP contribution in [0.15, 0.2) is 18.3 Å². The fourth-order valence-electron chi connectivity index (χ4n) is 1.91. The van der Waals surface area contributed by atoms with E-state index < -0.39 is 0 Å². The third kappa shape index (κ3) is 2.32. The van der Waals surface area contributed by atoms with Crippen LogP contribution in [0.4, 0.5) is 0 Å². The van der Waals surface area contributed by atoms with E-state index in [-0.39, 0.29) is 6.04 Å². The lowest BCUT2D eigenvalue weighted by Crippen LogP contribution is -2.26. The summed E-state index contributed by atoms with van der Waals surface area (Å²) in [5.74, 6) is 0. The number of rotatable bonds is 2. The molecule has 4 nitrogen and oxygen atoms in total. The first-order valence-corrected chi connectivity index (χ1v) is 5.11. The van der Waals surface area contributed by atoms with Crippen molar-refractivity contribution in [2.75, 3.05) is 13.1 Å². The van der Waals surface area contributed by atoms with Gasteiger partial charge >= 0.3 is 0 Å². The van der Waals surface area contributed by atoms with Gasteiger partial charge in [0.05, 0.1) is 0 Å². The molecule has 0 spiro atoms. The summed E-state index contributed by atoms with van der Waals surface area (Å²) in [5, 5.41) is 8.89. The number of nitriles is 1. The van der Waals surface area contributed by atoms with Crippen molar-refractivity contribution in [2.24, 2.45) is 5.73 Å². The second-order valence-electron chi connectivity index (χ2n) is 3.91. The SMILES string of the molecule is N#Cc1ncccc1CN1CCC(N)C1. The third-order valence-corrected chi connectivity index (χ3v) is 2.70. The number of nitrogens with zero attached hydrogens (tertiary/aromatic N) is 3. The first-order chi connectivity index (χ1) is 7.29. The minimum Gasteiger partial charge on any atom is -0.326 e. The van der Waals surface area contributed by atoms with E-state index in [2.05, 4.69) is 16.0 Å². The van der Waals surface area contributed by atoms with Gasteiger partial charge in [-0.2, -0.15) is 5.26 Å². The van der Waals surface area contributed by atoms with Crippen molar-refractivity contribution >= 4 is 0 Å². The Labute approximate surface area is 89.3 Å². The molecule has 1 unspecified atom stereocenters. The lowest BCUT2D eigenvalue weighted by Gasteiger charge is -2.15. The van der Waals surface area contributed by atoms with Gasteiger partial charge in [0.25, 0.3) is 0 Å².